The molecule has 1 aromatic carbocycles. The highest BCUT2D eigenvalue weighted by atomic mass is 32.2. The number of rotatable bonds is 7. The molecule has 0 aliphatic heterocycles. The van der Waals surface area contributed by atoms with E-state index in [-0.39, 0.29) is 6.04 Å². The molecule has 102 valence electrons. The van der Waals surface area contributed by atoms with E-state index < -0.39 is 0 Å². The van der Waals surface area contributed by atoms with Crippen LogP contribution in [0.4, 0.5) is 0 Å². The van der Waals surface area contributed by atoms with E-state index in [9.17, 15) is 0 Å². The molecule has 2 rings (SSSR count). The molecule has 1 atom stereocenters. The number of hydrogen-bond acceptors (Lipinski definition) is 5. The van der Waals surface area contributed by atoms with Crippen LogP contribution in [-0.2, 0) is 13.0 Å². The average Bonchev–Trinajstić information content (AvgIpc) is 2.91. The Bertz CT molecular complexity index is 485. The number of hydrogen-bond donors (Lipinski definition) is 2. The Morgan fingerprint density at radius 1 is 1.37 bits per heavy atom. The summed E-state index contributed by atoms with van der Waals surface area (Å²) in [5, 5.41) is 4.17. The van der Waals surface area contributed by atoms with Gasteiger partial charge in [-0.25, -0.2) is 4.98 Å². The minimum absolute atomic E-state index is 0.180. The molecule has 3 N–H and O–H groups in total. The predicted molar refractivity (Wildman–Crippen MR) is 77.7 cm³/mol. The third-order valence-electron chi connectivity index (χ3n) is 2.85. The van der Waals surface area contributed by atoms with E-state index in [0.717, 1.165) is 24.5 Å². The lowest BCUT2D eigenvalue weighted by Gasteiger charge is -2.15. The topological polar surface area (TPSA) is 68.8 Å². The number of aryl methyl sites for hydroxylation is 1. The number of nitrogens with zero attached hydrogens (tertiary/aromatic N) is 3. The fraction of sp³-hybridized carbons (Fsp3) is 0.385. The highest BCUT2D eigenvalue weighted by Crippen LogP contribution is 2.18. The molecule has 0 aliphatic carbocycles. The SMILES string of the molecule is CCn1ncnc1CC(CSc1ccccc1)NN. The summed E-state index contributed by atoms with van der Waals surface area (Å²) in [5.41, 5.74) is 2.86. The van der Waals surface area contributed by atoms with Crippen molar-refractivity contribution in [2.24, 2.45) is 5.84 Å². The van der Waals surface area contributed by atoms with Gasteiger partial charge in [-0.05, 0) is 19.1 Å². The minimum Gasteiger partial charge on any atom is -0.271 e. The van der Waals surface area contributed by atoms with Crippen LogP contribution >= 0.6 is 11.8 Å². The number of aromatic nitrogens is 3. The van der Waals surface area contributed by atoms with Gasteiger partial charge in [0.25, 0.3) is 0 Å². The van der Waals surface area contributed by atoms with Crippen LogP contribution < -0.4 is 11.3 Å². The van der Waals surface area contributed by atoms with Gasteiger partial charge in [-0.1, -0.05) is 18.2 Å². The summed E-state index contributed by atoms with van der Waals surface area (Å²) in [6, 6.07) is 10.5. The zero-order chi connectivity index (χ0) is 13.5. The Hall–Kier alpha value is -1.37. The molecule has 2 aromatic rings. The Balaban J connectivity index is 1.90. The molecule has 0 aliphatic rings. The van der Waals surface area contributed by atoms with E-state index >= 15 is 0 Å². The summed E-state index contributed by atoms with van der Waals surface area (Å²) in [4.78, 5) is 5.53. The van der Waals surface area contributed by atoms with Crippen molar-refractivity contribution < 1.29 is 0 Å². The summed E-state index contributed by atoms with van der Waals surface area (Å²) >= 11 is 1.79. The Morgan fingerprint density at radius 3 is 2.84 bits per heavy atom. The Morgan fingerprint density at radius 2 is 2.16 bits per heavy atom. The summed E-state index contributed by atoms with van der Waals surface area (Å²) < 4.78 is 1.90. The van der Waals surface area contributed by atoms with Crippen molar-refractivity contribution >= 4 is 11.8 Å². The molecule has 0 saturated carbocycles. The third-order valence-corrected chi connectivity index (χ3v) is 4.03. The van der Waals surface area contributed by atoms with Crippen molar-refractivity contribution in [3.05, 3.63) is 42.5 Å². The van der Waals surface area contributed by atoms with Crippen LogP contribution in [0.2, 0.25) is 0 Å². The maximum absolute atomic E-state index is 5.62. The van der Waals surface area contributed by atoms with Gasteiger partial charge in [-0.15, -0.1) is 11.8 Å². The molecule has 0 bridgehead atoms. The van der Waals surface area contributed by atoms with Crippen molar-refractivity contribution in [3.8, 4) is 0 Å². The molecule has 0 fully saturated rings. The second kappa shape index (κ2) is 7.28. The van der Waals surface area contributed by atoms with Crippen LogP contribution in [0.5, 0.6) is 0 Å². The quantitative estimate of drug-likeness (QED) is 0.455. The van der Waals surface area contributed by atoms with Gasteiger partial charge in [0.05, 0.1) is 0 Å². The summed E-state index contributed by atoms with van der Waals surface area (Å²) in [6.45, 7) is 2.89. The molecule has 6 heteroatoms. The van der Waals surface area contributed by atoms with Crippen molar-refractivity contribution in [1.82, 2.24) is 20.2 Å². The van der Waals surface area contributed by atoms with Crippen LogP contribution in [0.3, 0.4) is 0 Å². The van der Waals surface area contributed by atoms with Gasteiger partial charge in [0.1, 0.15) is 12.2 Å². The second-order valence-corrected chi connectivity index (χ2v) is 5.28. The van der Waals surface area contributed by atoms with E-state index in [0.29, 0.717) is 0 Å². The van der Waals surface area contributed by atoms with Crippen LogP contribution in [0, 0.1) is 0 Å². The minimum atomic E-state index is 0.180. The number of hydrazine groups is 1. The first-order chi connectivity index (χ1) is 9.33. The molecule has 5 nitrogen and oxygen atoms in total. The Labute approximate surface area is 117 Å². The van der Waals surface area contributed by atoms with E-state index in [2.05, 4.69) is 34.6 Å². The number of thioether (sulfide) groups is 1. The highest BCUT2D eigenvalue weighted by molar-refractivity contribution is 7.99. The predicted octanol–water partition coefficient (Wildman–Crippen LogP) is 1.46. The second-order valence-electron chi connectivity index (χ2n) is 4.18. The first-order valence-corrected chi connectivity index (χ1v) is 7.32. The van der Waals surface area contributed by atoms with E-state index in [4.69, 9.17) is 5.84 Å². The molecule has 0 amide bonds. The first-order valence-electron chi connectivity index (χ1n) is 6.34. The molecular weight excluding hydrogens is 258 g/mol. The lowest BCUT2D eigenvalue weighted by molar-refractivity contribution is 0.527. The van der Waals surface area contributed by atoms with Crippen LogP contribution in [-0.4, -0.2) is 26.6 Å². The number of benzene rings is 1. The maximum Gasteiger partial charge on any atom is 0.138 e. The lowest BCUT2D eigenvalue weighted by atomic mass is 10.2. The van der Waals surface area contributed by atoms with Gasteiger partial charge in [0.15, 0.2) is 0 Å². The molecule has 0 radical (unpaired) electrons. The Kier molecular flexibility index (Phi) is 5.38. The molecule has 1 unspecified atom stereocenters. The van der Waals surface area contributed by atoms with Crippen molar-refractivity contribution in [1.29, 1.82) is 0 Å². The third kappa shape index (κ3) is 4.05. The van der Waals surface area contributed by atoms with Crippen LogP contribution in [0.15, 0.2) is 41.6 Å². The molecule has 19 heavy (non-hydrogen) atoms. The van der Waals surface area contributed by atoms with Gasteiger partial charge in [0, 0.05) is 29.7 Å². The monoisotopic (exact) mass is 277 g/mol. The molecule has 0 spiro atoms. The van der Waals surface area contributed by atoms with E-state index in [1.807, 2.05) is 22.9 Å². The molecular formula is C13H19N5S. The van der Waals surface area contributed by atoms with Crippen molar-refractivity contribution in [2.45, 2.75) is 30.8 Å². The van der Waals surface area contributed by atoms with E-state index in [1.54, 1.807) is 18.1 Å². The first kappa shape index (κ1) is 14.0. The van der Waals surface area contributed by atoms with Crippen molar-refractivity contribution in [3.63, 3.8) is 0 Å². The lowest BCUT2D eigenvalue weighted by Crippen LogP contribution is -2.39. The van der Waals surface area contributed by atoms with Gasteiger partial charge in [-0.3, -0.25) is 16.0 Å². The molecule has 0 saturated heterocycles. The summed E-state index contributed by atoms with van der Waals surface area (Å²) in [5.74, 6) is 7.50. The highest BCUT2D eigenvalue weighted by Gasteiger charge is 2.12. The summed E-state index contributed by atoms with van der Waals surface area (Å²) in [6.07, 6.45) is 2.38. The normalized spacial score (nSPS) is 12.5. The van der Waals surface area contributed by atoms with Gasteiger partial charge in [-0.2, -0.15) is 5.10 Å². The largest absolute Gasteiger partial charge is 0.271 e. The number of nitrogens with two attached hydrogens (primary N) is 1. The fourth-order valence-electron chi connectivity index (χ4n) is 1.81. The molecule has 1 aromatic heterocycles. The molecule has 1 heterocycles. The van der Waals surface area contributed by atoms with Crippen LogP contribution in [0.1, 0.15) is 12.7 Å². The zero-order valence-corrected chi connectivity index (χ0v) is 11.8. The van der Waals surface area contributed by atoms with Gasteiger partial charge in [0.2, 0.25) is 0 Å². The average molecular weight is 277 g/mol. The van der Waals surface area contributed by atoms with Gasteiger partial charge >= 0.3 is 0 Å². The number of nitrogens with one attached hydrogen (secondary N) is 1. The van der Waals surface area contributed by atoms with Gasteiger partial charge < -0.3 is 0 Å². The zero-order valence-electron chi connectivity index (χ0n) is 11.0. The van der Waals surface area contributed by atoms with Crippen LogP contribution in [0.25, 0.3) is 0 Å². The maximum atomic E-state index is 5.62. The van der Waals surface area contributed by atoms with Crippen molar-refractivity contribution in [2.75, 3.05) is 5.75 Å². The fourth-order valence-corrected chi connectivity index (χ4v) is 2.77. The standard InChI is InChI=1S/C13H19N5S/c1-2-18-13(15-10-16-18)8-11(17-14)9-19-12-6-4-3-5-7-12/h3-7,10-11,17H,2,8-9,14H2,1H3. The smallest absolute Gasteiger partial charge is 0.138 e. The summed E-state index contributed by atoms with van der Waals surface area (Å²) in [7, 11) is 0. The van der Waals surface area contributed by atoms with E-state index in [1.165, 1.54) is 4.90 Å².